The van der Waals surface area contributed by atoms with Gasteiger partial charge in [0.1, 0.15) is 0 Å². The summed E-state index contributed by atoms with van der Waals surface area (Å²) in [6.45, 7) is 10.4. The predicted molar refractivity (Wildman–Crippen MR) is 74.6 cm³/mol. The minimum absolute atomic E-state index is 0.363. The summed E-state index contributed by atoms with van der Waals surface area (Å²) < 4.78 is 0. The highest BCUT2D eigenvalue weighted by molar-refractivity contribution is 5.22. The monoisotopic (exact) mass is 234 g/mol. The van der Waals surface area contributed by atoms with E-state index >= 15 is 0 Å². The smallest absolute Gasteiger partial charge is 0.0946 e. The van der Waals surface area contributed by atoms with Crippen LogP contribution in [0.5, 0.6) is 0 Å². The van der Waals surface area contributed by atoms with Gasteiger partial charge in [-0.1, -0.05) is 39.0 Å². The highest BCUT2D eigenvalue weighted by atomic mass is 15.1. The Labute approximate surface area is 107 Å². The van der Waals surface area contributed by atoms with Gasteiger partial charge in [0.15, 0.2) is 0 Å². The van der Waals surface area contributed by atoms with Gasteiger partial charge in [-0.15, -0.1) is 0 Å². The minimum atomic E-state index is 0.363. The van der Waals surface area contributed by atoms with Crippen molar-refractivity contribution in [1.29, 1.82) is 5.26 Å². The number of nitriles is 1. The van der Waals surface area contributed by atoms with Crippen molar-refractivity contribution in [3.63, 3.8) is 0 Å². The molecule has 0 rings (SSSR count). The van der Waals surface area contributed by atoms with Crippen LogP contribution in [0.1, 0.15) is 34.1 Å². The Hall–Kier alpha value is -1.07. The number of rotatable bonds is 7. The lowest BCUT2D eigenvalue weighted by Crippen LogP contribution is -2.21. The van der Waals surface area contributed by atoms with Gasteiger partial charge in [-0.3, -0.25) is 0 Å². The summed E-state index contributed by atoms with van der Waals surface area (Å²) in [5, 5.41) is 8.92. The molecule has 1 unspecified atom stereocenters. The third kappa shape index (κ3) is 7.76. The Bertz CT molecular complexity index is 295. The Morgan fingerprint density at radius 3 is 2.47 bits per heavy atom. The van der Waals surface area contributed by atoms with E-state index in [0.717, 1.165) is 25.1 Å². The first kappa shape index (κ1) is 15.9. The molecule has 1 atom stereocenters. The number of nitrogens with zero attached hydrogens (tertiary/aromatic N) is 2. The van der Waals surface area contributed by atoms with Crippen molar-refractivity contribution in [3.8, 4) is 6.07 Å². The molecule has 17 heavy (non-hydrogen) atoms. The van der Waals surface area contributed by atoms with Crippen LogP contribution in [0, 0.1) is 23.2 Å². The summed E-state index contributed by atoms with van der Waals surface area (Å²) in [7, 11) is 2.12. The predicted octanol–water partition coefficient (Wildman–Crippen LogP) is 3.63. The molecular weight excluding hydrogens is 208 g/mol. The highest BCUT2D eigenvalue weighted by Gasteiger charge is 2.08. The molecule has 0 N–H and O–H groups in total. The fourth-order valence-electron chi connectivity index (χ4n) is 1.63. The van der Waals surface area contributed by atoms with E-state index in [0.29, 0.717) is 11.8 Å². The molecule has 0 spiro atoms. The normalized spacial score (nSPS) is 14.6. The molecule has 0 aromatic carbocycles. The molecule has 0 aliphatic rings. The largest absolute Gasteiger partial charge is 0.303 e. The van der Waals surface area contributed by atoms with Gasteiger partial charge in [0.05, 0.1) is 6.07 Å². The van der Waals surface area contributed by atoms with Gasteiger partial charge in [0, 0.05) is 12.1 Å². The van der Waals surface area contributed by atoms with Crippen LogP contribution < -0.4 is 0 Å². The SMILES string of the molecule is C/C=C(\C#N)C(C)CCN(C)C/C=C/C(C)C. The first-order valence-corrected chi connectivity index (χ1v) is 6.42. The third-order valence-electron chi connectivity index (χ3n) is 2.85. The summed E-state index contributed by atoms with van der Waals surface area (Å²) in [4.78, 5) is 2.29. The molecule has 2 heteroatoms. The van der Waals surface area contributed by atoms with Gasteiger partial charge in [0.25, 0.3) is 0 Å². The lowest BCUT2D eigenvalue weighted by atomic mass is 9.98. The lowest BCUT2D eigenvalue weighted by molar-refractivity contribution is 0.345. The molecule has 0 aliphatic carbocycles. The summed E-state index contributed by atoms with van der Waals surface area (Å²) in [6, 6.07) is 2.26. The van der Waals surface area contributed by atoms with Crippen LogP contribution in [0.2, 0.25) is 0 Å². The zero-order valence-electron chi connectivity index (χ0n) is 11.9. The summed E-state index contributed by atoms with van der Waals surface area (Å²) in [6.07, 6.45) is 7.41. The van der Waals surface area contributed by atoms with Crippen molar-refractivity contribution in [3.05, 3.63) is 23.8 Å². The Morgan fingerprint density at radius 2 is 2.00 bits per heavy atom. The van der Waals surface area contributed by atoms with E-state index in [9.17, 15) is 0 Å². The Morgan fingerprint density at radius 1 is 1.35 bits per heavy atom. The highest BCUT2D eigenvalue weighted by Crippen LogP contribution is 2.13. The van der Waals surface area contributed by atoms with Crippen LogP contribution >= 0.6 is 0 Å². The van der Waals surface area contributed by atoms with Crippen LogP contribution in [0.4, 0.5) is 0 Å². The van der Waals surface area contributed by atoms with Crippen LogP contribution in [-0.2, 0) is 0 Å². The molecule has 0 amide bonds. The van der Waals surface area contributed by atoms with Crippen molar-refractivity contribution in [2.24, 2.45) is 11.8 Å². The van der Waals surface area contributed by atoms with E-state index in [2.05, 4.69) is 50.9 Å². The second-order valence-electron chi connectivity index (χ2n) is 4.98. The second-order valence-corrected chi connectivity index (χ2v) is 4.98. The molecule has 96 valence electrons. The van der Waals surface area contributed by atoms with E-state index < -0.39 is 0 Å². The molecule has 0 heterocycles. The van der Waals surface area contributed by atoms with Crippen LogP contribution in [0.25, 0.3) is 0 Å². The Kier molecular flexibility index (Phi) is 8.44. The van der Waals surface area contributed by atoms with Crippen LogP contribution in [0.15, 0.2) is 23.8 Å². The molecule has 0 bridgehead atoms. The van der Waals surface area contributed by atoms with Gasteiger partial charge in [-0.05, 0) is 38.8 Å². The molecule has 0 saturated heterocycles. The van der Waals surface area contributed by atoms with Crippen molar-refractivity contribution in [1.82, 2.24) is 4.90 Å². The van der Waals surface area contributed by atoms with E-state index in [-0.39, 0.29) is 0 Å². The minimum Gasteiger partial charge on any atom is -0.303 e. The summed E-state index contributed by atoms with van der Waals surface area (Å²) in [5.41, 5.74) is 0.899. The maximum absolute atomic E-state index is 8.92. The average molecular weight is 234 g/mol. The zero-order valence-corrected chi connectivity index (χ0v) is 11.9. The zero-order chi connectivity index (χ0) is 13.3. The van der Waals surface area contributed by atoms with E-state index in [1.54, 1.807) is 0 Å². The van der Waals surface area contributed by atoms with Gasteiger partial charge in [-0.2, -0.15) is 5.26 Å². The van der Waals surface area contributed by atoms with Crippen molar-refractivity contribution in [2.75, 3.05) is 20.1 Å². The standard InChI is InChI=1S/C15H26N2/c1-6-15(12-16)14(4)9-11-17(5)10-7-8-13(2)3/h6-8,13-14H,9-11H2,1-5H3/b8-7+,15-6+. The first-order valence-electron chi connectivity index (χ1n) is 6.42. The number of hydrogen-bond donors (Lipinski definition) is 0. The fraction of sp³-hybridized carbons (Fsp3) is 0.667. The van der Waals surface area contributed by atoms with Crippen molar-refractivity contribution >= 4 is 0 Å². The quantitative estimate of drug-likeness (QED) is 0.497. The topological polar surface area (TPSA) is 27.0 Å². The molecule has 0 saturated carbocycles. The van der Waals surface area contributed by atoms with Gasteiger partial charge in [-0.25, -0.2) is 0 Å². The molecule has 0 aromatic rings. The van der Waals surface area contributed by atoms with E-state index in [1.807, 2.05) is 13.0 Å². The molecule has 0 aliphatic heterocycles. The summed E-state index contributed by atoms with van der Waals surface area (Å²) >= 11 is 0. The third-order valence-corrected chi connectivity index (χ3v) is 2.85. The fourth-order valence-corrected chi connectivity index (χ4v) is 1.63. The number of hydrogen-bond acceptors (Lipinski definition) is 2. The van der Waals surface area contributed by atoms with Gasteiger partial charge >= 0.3 is 0 Å². The second kappa shape index (κ2) is 9.01. The number of allylic oxidation sites excluding steroid dienone is 3. The molecule has 0 aromatic heterocycles. The first-order chi connectivity index (χ1) is 8.01. The van der Waals surface area contributed by atoms with E-state index in [1.165, 1.54) is 0 Å². The molecule has 0 radical (unpaired) electrons. The molecule has 2 nitrogen and oxygen atoms in total. The van der Waals surface area contributed by atoms with Crippen LogP contribution in [0.3, 0.4) is 0 Å². The van der Waals surface area contributed by atoms with Gasteiger partial charge < -0.3 is 4.90 Å². The van der Waals surface area contributed by atoms with Crippen LogP contribution in [-0.4, -0.2) is 25.0 Å². The average Bonchev–Trinajstić information content (AvgIpc) is 2.27. The molecular formula is C15H26N2. The maximum Gasteiger partial charge on any atom is 0.0946 e. The maximum atomic E-state index is 8.92. The molecule has 0 fully saturated rings. The van der Waals surface area contributed by atoms with Gasteiger partial charge in [0.2, 0.25) is 0 Å². The Balaban J connectivity index is 3.92. The van der Waals surface area contributed by atoms with Crippen molar-refractivity contribution < 1.29 is 0 Å². The lowest BCUT2D eigenvalue weighted by Gasteiger charge is -2.17. The summed E-state index contributed by atoms with van der Waals surface area (Å²) in [5.74, 6) is 0.983. The number of likely N-dealkylation sites (N-methyl/N-ethyl adjacent to an activating group) is 1. The van der Waals surface area contributed by atoms with Crippen molar-refractivity contribution in [2.45, 2.75) is 34.1 Å². The van der Waals surface area contributed by atoms with E-state index in [4.69, 9.17) is 5.26 Å².